The molecular formula is C35H44N8O3. The second-order valence-electron chi connectivity index (χ2n) is 13.9. The van der Waals surface area contributed by atoms with E-state index in [2.05, 4.69) is 53.3 Å². The summed E-state index contributed by atoms with van der Waals surface area (Å²) in [6, 6.07) is 18.3. The Morgan fingerprint density at radius 2 is 1.74 bits per heavy atom. The summed E-state index contributed by atoms with van der Waals surface area (Å²) in [5.74, 6) is 2.10. The van der Waals surface area contributed by atoms with Crippen LogP contribution in [0, 0.1) is 11.3 Å². The Labute approximate surface area is 270 Å². The van der Waals surface area contributed by atoms with Crippen molar-refractivity contribution in [2.45, 2.75) is 37.8 Å². The normalized spacial score (nSPS) is 24.1. The molecule has 1 aliphatic carbocycles. The largest absolute Gasteiger partial charge is 0.507 e. The average Bonchev–Trinajstić information content (AvgIpc) is 3.30. The maximum atomic E-state index is 12.9. The van der Waals surface area contributed by atoms with Crippen molar-refractivity contribution >= 4 is 23.1 Å². The minimum absolute atomic E-state index is 0.178. The van der Waals surface area contributed by atoms with E-state index in [4.69, 9.17) is 10.5 Å². The number of rotatable bonds is 8. The molecule has 1 amide bonds. The summed E-state index contributed by atoms with van der Waals surface area (Å²) in [7, 11) is 0. The summed E-state index contributed by atoms with van der Waals surface area (Å²) < 4.78 is 6.27. The zero-order valence-corrected chi connectivity index (χ0v) is 26.4. The summed E-state index contributed by atoms with van der Waals surface area (Å²) in [4.78, 5) is 22.3. The lowest BCUT2D eigenvalue weighted by atomic mass is 9.58. The van der Waals surface area contributed by atoms with Gasteiger partial charge in [-0.05, 0) is 61.4 Å². The first-order valence-corrected chi connectivity index (χ1v) is 16.8. The molecule has 46 heavy (non-hydrogen) atoms. The van der Waals surface area contributed by atoms with Crippen LogP contribution in [0.2, 0.25) is 0 Å². The minimum atomic E-state index is 0.178. The number of nitrogens with zero attached hydrogens (tertiary/aromatic N) is 6. The first-order chi connectivity index (χ1) is 22.4. The summed E-state index contributed by atoms with van der Waals surface area (Å²) in [5.41, 5.74) is 10.1. The maximum Gasteiger partial charge on any atom is 0.225 e. The average molecular weight is 625 g/mol. The number of para-hydroxylation sites is 1. The number of benzene rings is 2. The SMILES string of the molecule is Nc1nnc(-c2ccccc2O)cc1N1CC2CCC(C1)N2c1cccc(OCCN2CCN(C(=O)C3CC4(CNC4)C3)CC2)c1. The number of aromatic hydroxyl groups is 1. The van der Waals surface area contributed by atoms with E-state index >= 15 is 0 Å². The van der Waals surface area contributed by atoms with Crippen LogP contribution in [-0.4, -0.2) is 109 Å². The van der Waals surface area contributed by atoms with Crippen LogP contribution in [0.5, 0.6) is 11.5 Å². The van der Waals surface area contributed by atoms with Gasteiger partial charge in [-0.1, -0.05) is 18.2 Å². The summed E-state index contributed by atoms with van der Waals surface area (Å²) >= 11 is 0. The Balaban J connectivity index is 0.845. The molecule has 2 atom stereocenters. The van der Waals surface area contributed by atoms with Crippen LogP contribution in [0.1, 0.15) is 25.7 Å². The van der Waals surface area contributed by atoms with E-state index < -0.39 is 0 Å². The first-order valence-electron chi connectivity index (χ1n) is 16.8. The van der Waals surface area contributed by atoms with Gasteiger partial charge in [-0.15, -0.1) is 10.2 Å². The van der Waals surface area contributed by atoms with Gasteiger partial charge < -0.3 is 35.6 Å². The van der Waals surface area contributed by atoms with Crippen molar-refractivity contribution < 1.29 is 14.6 Å². The van der Waals surface area contributed by atoms with E-state index in [-0.39, 0.29) is 11.7 Å². The lowest BCUT2D eigenvalue weighted by Crippen LogP contribution is -2.63. The smallest absolute Gasteiger partial charge is 0.225 e. The molecular weight excluding hydrogens is 580 g/mol. The fourth-order valence-corrected chi connectivity index (χ4v) is 8.39. The molecule has 1 saturated carbocycles. The van der Waals surface area contributed by atoms with Gasteiger partial charge in [0.05, 0.1) is 11.4 Å². The third kappa shape index (κ3) is 5.49. The van der Waals surface area contributed by atoms with Crippen LogP contribution in [0.15, 0.2) is 54.6 Å². The highest BCUT2D eigenvalue weighted by atomic mass is 16.5. The highest BCUT2D eigenvalue weighted by Gasteiger charge is 2.51. The van der Waals surface area contributed by atoms with E-state index in [1.165, 1.54) is 5.69 Å². The van der Waals surface area contributed by atoms with Crippen LogP contribution >= 0.6 is 0 Å². The fourth-order valence-electron chi connectivity index (χ4n) is 8.39. The Morgan fingerprint density at radius 3 is 2.46 bits per heavy atom. The predicted octanol–water partition coefficient (Wildman–Crippen LogP) is 2.81. The topological polar surface area (TPSA) is 123 Å². The minimum Gasteiger partial charge on any atom is -0.507 e. The molecule has 5 heterocycles. The van der Waals surface area contributed by atoms with Crippen molar-refractivity contribution in [2.24, 2.45) is 11.3 Å². The molecule has 0 radical (unpaired) electrons. The number of nitrogens with one attached hydrogen (secondary N) is 1. The van der Waals surface area contributed by atoms with Crippen molar-refractivity contribution in [3.63, 3.8) is 0 Å². The Kier molecular flexibility index (Phi) is 7.60. The molecule has 11 nitrogen and oxygen atoms in total. The van der Waals surface area contributed by atoms with E-state index in [0.717, 1.165) is 96.0 Å². The highest BCUT2D eigenvalue weighted by molar-refractivity contribution is 5.80. The van der Waals surface area contributed by atoms with E-state index in [0.29, 0.717) is 47.1 Å². The first kappa shape index (κ1) is 29.3. The molecule has 4 N–H and O–H groups in total. The zero-order valence-electron chi connectivity index (χ0n) is 26.4. The van der Waals surface area contributed by atoms with Gasteiger partial charge >= 0.3 is 0 Å². The molecule has 4 aliphatic heterocycles. The van der Waals surface area contributed by atoms with Crippen molar-refractivity contribution in [3.05, 3.63) is 54.6 Å². The molecule has 2 unspecified atom stereocenters. The third-order valence-corrected chi connectivity index (χ3v) is 11.0. The number of phenols is 1. The number of nitrogen functional groups attached to an aromatic ring is 1. The number of amides is 1. The second-order valence-corrected chi connectivity index (χ2v) is 13.9. The standard InChI is InChI=1S/C35H44N8O3/c36-33-31(17-30(38-39-33)29-6-1-2-7-32(29)44)42-20-26-8-9-27(21-42)43(26)25-4-3-5-28(16-25)46-15-14-40-10-12-41(13-11-40)34(45)24-18-35(19-24)22-37-23-35/h1-7,16-17,24,26-27,37,44H,8-15,18-23H2,(H2,36,39). The third-order valence-electron chi connectivity index (χ3n) is 11.0. The number of hydrogen-bond donors (Lipinski definition) is 3. The number of carbonyl (C=O) groups excluding carboxylic acids is 1. The molecule has 4 saturated heterocycles. The summed E-state index contributed by atoms with van der Waals surface area (Å²) in [6.45, 7) is 8.81. The van der Waals surface area contributed by atoms with E-state index in [1.807, 2.05) is 24.3 Å². The highest BCUT2D eigenvalue weighted by Crippen LogP contribution is 2.49. The van der Waals surface area contributed by atoms with Crippen molar-refractivity contribution in [1.82, 2.24) is 25.3 Å². The maximum absolute atomic E-state index is 12.9. The van der Waals surface area contributed by atoms with Crippen LogP contribution < -0.4 is 25.6 Å². The Hall–Kier alpha value is -4.09. The number of ether oxygens (including phenoxy) is 1. The zero-order chi connectivity index (χ0) is 31.3. The van der Waals surface area contributed by atoms with Crippen molar-refractivity contribution in [1.29, 1.82) is 0 Å². The monoisotopic (exact) mass is 624 g/mol. The molecule has 242 valence electrons. The Bertz CT molecular complexity index is 1570. The summed E-state index contributed by atoms with van der Waals surface area (Å²) in [5, 5.41) is 22.2. The molecule has 3 aromatic rings. The molecule has 5 fully saturated rings. The number of phenolic OH excluding ortho intramolecular Hbond substituents is 1. The van der Waals surface area contributed by atoms with Gasteiger partial charge in [0.2, 0.25) is 5.91 Å². The molecule has 1 aromatic heterocycles. The number of carbonyl (C=O) groups is 1. The molecule has 5 aliphatic rings. The van der Waals surface area contributed by atoms with Gasteiger partial charge in [0.25, 0.3) is 0 Å². The number of aromatic nitrogens is 2. The lowest BCUT2D eigenvalue weighted by Gasteiger charge is -2.54. The van der Waals surface area contributed by atoms with Crippen molar-refractivity contribution in [3.8, 4) is 22.8 Å². The van der Waals surface area contributed by atoms with Gasteiger partial charge in [0.1, 0.15) is 18.1 Å². The molecule has 2 aromatic carbocycles. The number of hydrogen-bond acceptors (Lipinski definition) is 10. The number of fused-ring (bicyclic) bond motifs is 2. The van der Waals surface area contributed by atoms with Crippen LogP contribution in [-0.2, 0) is 4.79 Å². The quantitative estimate of drug-likeness (QED) is 0.345. The number of anilines is 3. The van der Waals surface area contributed by atoms with Crippen LogP contribution in [0.3, 0.4) is 0 Å². The number of piperazine rings is 2. The molecule has 2 bridgehead atoms. The van der Waals surface area contributed by atoms with Crippen LogP contribution in [0.4, 0.5) is 17.2 Å². The van der Waals surface area contributed by atoms with Gasteiger partial charge in [-0.3, -0.25) is 9.69 Å². The molecule has 1 spiro atoms. The van der Waals surface area contributed by atoms with Crippen molar-refractivity contribution in [2.75, 3.05) is 81.0 Å². The lowest BCUT2D eigenvalue weighted by molar-refractivity contribution is -0.147. The summed E-state index contributed by atoms with van der Waals surface area (Å²) in [6.07, 6.45) is 4.37. The molecule has 8 rings (SSSR count). The van der Waals surface area contributed by atoms with Gasteiger partial charge in [0, 0.05) is 94.2 Å². The Morgan fingerprint density at radius 1 is 0.978 bits per heavy atom. The predicted molar refractivity (Wildman–Crippen MR) is 178 cm³/mol. The van der Waals surface area contributed by atoms with Gasteiger partial charge in [-0.2, -0.15) is 0 Å². The second kappa shape index (κ2) is 11.9. The van der Waals surface area contributed by atoms with E-state index in [1.54, 1.807) is 12.1 Å². The van der Waals surface area contributed by atoms with Gasteiger partial charge in [-0.25, -0.2) is 0 Å². The fraction of sp³-hybridized carbons (Fsp3) is 0.514. The van der Waals surface area contributed by atoms with Gasteiger partial charge in [0.15, 0.2) is 5.82 Å². The van der Waals surface area contributed by atoms with E-state index in [9.17, 15) is 9.90 Å². The number of nitrogens with two attached hydrogens (primary N) is 1. The molecule has 11 heteroatoms. The van der Waals surface area contributed by atoms with Crippen LogP contribution in [0.25, 0.3) is 11.3 Å².